The maximum absolute atomic E-state index is 6.09. The summed E-state index contributed by atoms with van der Waals surface area (Å²) >= 11 is 6.09. The van der Waals surface area contributed by atoms with Crippen LogP contribution >= 0.6 is 11.6 Å². The molecule has 3 heteroatoms. The van der Waals surface area contributed by atoms with Gasteiger partial charge in [-0.25, -0.2) is 4.98 Å². The van der Waals surface area contributed by atoms with E-state index in [0.717, 1.165) is 24.2 Å². The summed E-state index contributed by atoms with van der Waals surface area (Å²) in [7, 11) is 0. The molecule has 0 saturated heterocycles. The molecule has 0 saturated carbocycles. The van der Waals surface area contributed by atoms with Gasteiger partial charge in [-0.2, -0.15) is 0 Å². The molecule has 1 heterocycles. The lowest BCUT2D eigenvalue weighted by Crippen LogP contribution is -2.29. The third-order valence-electron chi connectivity index (χ3n) is 4.14. The van der Waals surface area contributed by atoms with Gasteiger partial charge in [-0.3, -0.25) is 0 Å². The average Bonchev–Trinajstić information content (AvgIpc) is 2.78. The van der Waals surface area contributed by atoms with E-state index < -0.39 is 0 Å². The molecule has 0 N–H and O–H groups in total. The van der Waals surface area contributed by atoms with Gasteiger partial charge in [-0.1, -0.05) is 26.0 Å². The highest BCUT2D eigenvalue weighted by Gasteiger charge is 2.27. The molecule has 98 valence electrons. The Balaban J connectivity index is 2.79. The summed E-state index contributed by atoms with van der Waals surface area (Å²) in [5.74, 6) is 1.44. The summed E-state index contributed by atoms with van der Waals surface area (Å²) in [6, 6.07) is 6.35. The van der Waals surface area contributed by atoms with Crippen molar-refractivity contribution in [3.05, 3.63) is 29.6 Å². The molecule has 0 aliphatic heterocycles. The third kappa shape index (κ3) is 1.93. The Labute approximate surface area is 114 Å². The first-order valence-electron chi connectivity index (χ1n) is 6.60. The summed E-state index contributed by atoms with van der Waals surface area (Å²) in [6.45, 7) is 8.84. The minimum absolute atomic E-state index is 0.0900. The number of aromatic nitrogens is 2. The van der Waals surface area contributed by atoms with Crippen LogP contribution < -0.4 is 0 Å². The van der Waals surface area contributed by atoms with E-state index in [1.807, 2.05) is 0 Å². The Morgan fingerprint density at radius 3 is 2.50 bits per heavy atom. The Hall–Kier alpha value is -1.02. The fourth-order valence-corrected chi connectivity index (χ4v) is 2.72. The van der Waals surface area contributed by atoms with Crippen molar-refractivity contribution in [3.8, 4) is 0 Å². The van der Waals surface area contributed by atoms with Crippen molar-refractivity contribution in [2.24, 2.45) is 0 Å². The molecule has 0 amide bonds. The molecule has 0 radical (unpaired) electrons. The van der Waals surface area contributed by atoms with Crippen LogP contribution in [0.3, 0.4) is 0 Å². The third-order valence-corrected chi connectivity index (χ3v) is 4.38. The van der Waals surface area contributed by atoms with Crippen LogP contribution in [0.2, 0.25) is 0 Å². The molecule has 0 fully saturated rings. The van der Waals surface area contributed by atoms with Gasteiger partial charge in [0.2, 0.25) is 0 Å². The van der Waals surface area contributed by atoms with Crippen LogP contribution in [0.4, 0.5) is 0 Å². The number of para-hydroxylation sites is 1. The van der Waals surface area contributed by atoms with Crippen molar-refractivity contribution < 1.29 is 0 Å². The molecule has 18 heavy (non-hydrogen) atoms. The van der Waals surface area contributed by atoms with Gasteiger partial charge in [0.1, 0.15) is 5.82 Å². The van der Waals surface area contributed by atoms with Crippen molar-refractivity contribution in [1.82, 2.24) is 9.55 Å². The number of hydrogen-bond donors (Lipinski definition) is 0. The molecule has 2 aromatic rings. The highest BCUT2D eigenvalue weighted by Crippen LogP contribution is 2.32. The maximum atomic E-state index is 6.09. The zero-order valence-corrected chi connectivity index (χ0v) is 12.4. The Morgan fingerprint density at radius 1 is 1.28 bits per heavy atom. The summed E-state index contributed by atoms with van der Waals surface area (Å²) in [5, 5.41) is 0. The lowest BCUT2D eigenvalue weighted by Gasteiger charge is -2.31. The van der Waals surface area contributed by atoms with Gasteiger partial charge < -0.3 is 4.57 Å². The zero-order valence-electron chi connectivity index (χ0n) is 11.6. The normalized spacial score (nSPS) is 12.3. The van der Waals surface area contributed by atoms with Crippen molar-refractivity contribution in [2.45, 2.75) is 52.0 Å². The first-order valence-corrected chi connectivity index (χ1v) is 7.14. The topological polar surface area (TPSA) is 17.8 Å². The summed E-state index contributed by atoms with van der Waals surface area (Å²) in [5.41, 5.74) is 3.59. The molecule has 1 aromatic carbocycles. The summed E-state index contributed by atoms with van der Waals surface area (Å²) in [4.78, 5) is 4.72. The van der Waals surface area contributed by atoms with Crippen LogP contribution in [0.5, 0.6) is 0 Å². The lowest BCUT2D eigenvalue weighted by molar-refractivity contribution is 0.296. The van der Waals surface area contributed by atoms with Crippen LogP contribution in [0.25, 0.3) is 11.0 Å². The Bertz CT molecular complexity index is 553. The molecule has 0 bridgehead atoms. The smallest absolute Gasteiger partial charge is 0.125 e. The number of alkyl halides is 1. The van der Waals surface area contributed by atoms with E-state index in [0.29, 0.717) is 5.88 Å². The Morgan fingerprint density at radius 2 is 1.94 bits per heavy atom. The summed E-state index contributed by atoms with van der Waals surface area (Å²) in [6.07, 6.45) is 2.15. The SMILES string of the molecule is CCC(C)(CC)n1c(CCl)nc2c(C)cccc21. The number of benzene rings is 1. The summed E-state index contributed by atoms with van der Waals surface area (Å²) < 4.78 is 2.34. The second-order valence-corrected chi connectivity index (χ2v) is 5.41. The minimum Gasteiger partial charge on any atom is -0.321 e. The van der Waals surface area contributed by atoms with Gasteiger partial charge >= 0.3 is 0 Å². The monoisotopic (exact) mass is 264 g/mol. The van der Waals surface area contributed by atoms with Crippen molar-refractivity contribution >= 4 is 22.6 Å². The molecule has 0 aliphatic rings. The van der Waals surface area contributed by atoms with Crippen molar-refractivity contribution in [3.63, 3.8) is 0 Å². The van der Waals surface area contributed by atoms with E-state index in [9.17, 15) is 0 Å². The molecule has 0 spiro atoms. The number of aryl methyl sites for hydroxylation is 1. The molecule has 2 nitrogen and oxygen atoms in total. The predicted molar refractivity (Wildman–Crippen MR) is 78.3 cm³/mol. The number of fused-ring (bicyclic) bond motifs is 1. The zero-order chi connectivity index (χ0) is 13.3. The van der Waals surface area contributed by atoms with Crippen molar-refractivity contribution in [1.29, 1.82) is 0 Å². The van der Waals surface area contributed by atoms with Crippen LogP contribution in [0, 0.1) is 6.92 Å². The van der Waals surface area contributed by atoms with Gasteiger partial charge in [-0.05, 0) is 38.3 Å². The second-order valence-electron chi connectivity index (χ2n) is 5.14. The largest absolute Gasteiger partial charge is 0.321 e. The van der Waals surface area contributed by atoms with Gasteiger partial charge in [0, 0.05) is 5.54 Å². The number of imidazole rings is 1. The lowest BCUT2D eigenvalue weighted by atomic mass is 9.94. The van der Waals surface area contributed by atoms with E-state index in [2.05, 4.69) is 50.5 Å². The Kier molecular flexibility index (Phi) is 3.67. The molecule has 0 aliphatic carbocycles. The van der Waals surface area contributed by atoms with Crippen LogP contribution in [-0.4, -0.2) is 9.55 Å². The van der Waals surface area contributed by atoms with Gasteiger partial charge in [0.25, 0.3) is 0 Å². The van der Waals surface area contributed by atoms with Gasteiger partial charge in [0.05, 0.1) is 16.9 Å². The maximum Gasteiger partial charge on any atom is 0.125 e. The van der Waals surface area contributed by atoms with Crippen LogP contribution in [0.1, 0.15) is 45.0 Å². The number of hydrogen-bond acceptors (Lipinski definition) is 1. The van der Waals surface area contributed by atoms with E-state index in [4.69, 9.17) is 16.6 Å². The number of halogens is 1. The highest BCUT2D eigenvalue weighted by atomic mass is 35.5. The minimum atomic E-state index is 0.0900. The van der Waals surface area contributed by atoms with Gasteiger partial charge in [-0.15, -0.1) is 11.6 Å². The standard InChI is InChI=1S/C15H21ClN2/c1-5-15(4,6-2)18-12-9-7-8-11(3)14(12)17-13(18)10-16/h7-9H,5-6,10H2,1-4H3. The fourth-order valence-electron chi connectivity index (χ4n) is 2.55. The van der Waals surface area contributed by atoms with E-state index in [1.54, 1.807) is 0 Å². The average molecular weight is 265 g/mol. The number of nitrogens with zero attached hydrogens (tertiary/aromatic N) is 2. The van der Waals surface area contributed by atoms with E-state index in [1.165, 1.54) is 11.1 Å². The molecular formula is C15H21ClN2. The molecule has 2 rings (SSSR count). The van der Waals surface area contributed by atoms with E-state index >= 15 is 0 Å². The number of rotatable bonds is 4. The molecule has 1 aromatic heterocycles. The molecule has 0 atom stereocenters. The molecule has 0 unspecified atom stereocenters. The van der Waals surface area contributed by atoms with Crippen LogP contribution in [-0.2, 0) is 11.4 Å². The van der Waals surface area contributed by atoms with E-state index in [-0.39, 0.29) is 5.54 Å². The van der Waals surface area contributed by atoms with Crippen molar-refractivity contribution in [2.75, 3.05) is 0 Å². The first-order chi connectivity index (χ1) is 8.57. The fraction of sp³-hybridized carbons (Fsp3) is 0.533. The quantitative estimate of drug-likeness (QED) is 0.737. The van der Waals surface area contributed by atoms with Crippen LogP contribution in [0.15, 0.2) is 18.2 Å². The van der Waals surface area contributed by atoms with Gasteiger partial charge in [0.15, 0.2) is 0 Å². The second kappa shape index (κ2) is 4.93. The highest BCUT2D eigenvalue weighted by molar-refractivity contribution is 6.16. The molecular weight excluding hydrogens is 244 g/mol. The predicted octanol–water partition coefficient (Wildman–Crippen LogP) is 4.62. The first kappa shape index (κ1) is 13.4.